The molecule has 1 aliphatic rings. The number of benzene rings is 2. The van der Waals surface area contributed by atoms with Crippen LogP contribution in [0.3, 0.4) is 0 Å². The number of dihydropyridines is 1. The molecule has 0 spiro atoms. The number of hydrogen-bond acceptors (Lipinski definition) is 4. The highest BCUT2D eigenvalue weighted by molar-refractivity contribution is 5.83. The number of phenols is 1. The van der Waals surface area contributed by atoms with Crippen molar-refractivity contribution in [3.8, 4) is 5.75 Å². The molecule has 0 bridgehead atoms. The van der Waals surface area contributed by atoms with Crippen molar-refractivity contribution in [3.05, 3.63) is 83.6 Å². The van der Waals surface area contributed by atoms with Gasteiger partial charge in [-0.25, -0.2) is 0 Å². The number of hydrogen-bond donors (Lipinski definition) is 2. The van der Waals surface area contributed by atoms with Gasteiger partial charge in [-0.15, -0.1) is 0 Å². The monoisotopic (exact) mass is 362 g/mol. The maximum atomic E-state index is 9.67. The summed E-state index contributed by atoms with van der Waals surface area (Å²) in [6.45, 7) is 2.22. The number of aliphatic imine (C=N–C) groups is 1. The van der Waals surface area contributed by atoms with Crippen LogP contribution >= 0.6 is 0 Å². The Balaban J connectivity index is 1.30. The van der Waals surface area contributed by atoms with E-state index in [2.05, 4.69) is 34.6 Å². The summed E-state index contributed by atoms with van der Waals surface area (Å²) in [6.07, 6.45) is 8.96. The molecule has 0 aromatic heterocycles. The van der Waals surface area contributed by atoms with E-state index >= 15 is 0 Å². The summed E-state index contributed by atoms with van der Waals surface area (Å²) < 4.78 is 5.84. The van der Waals surface area contributed by atoms with Gasteiger partial charge in [0.15, 0.2) is 0 Å². The Bertz CT molecular complexity index is 810. The van der Waals surface area contributed by atoms with Crippen molar-refractivity contribution in [3.63, 3.8) is 0 Å². The molecule has 0 aliphatic carbocycles. The average Bonchev–Trinajstić information content (AvgIpc) is 2.72. The summed E-state index contributed by atoms with van der Waals surface area (Å²) in [5.41, 5.74) is 3.09. The van der Waals surface area contributed by atoms with Gasteiger partial charge in [-0.1, -0.05) is 42.5 Å². The first-order valence-electron chi connectivity index (χ1n) is 9.44. The fourth-order valence-electron chi connectivity index (χ4n) is 2.84. The van der Waals surface area contributed by atoms with Crippen LogP contribution in [0.4, 0.5) is 0 Å². The van der Waals surface area contributed by atoms with E-state index in [1.807, 2.05) is 36.4 Å². The van der Waals surface area contributed by atoms with E-state index in [0.717, 1.165) is 56.0 Å². The Hall–Kier alpha value is -3.01. The first-order valence-corrected chi connectivity index (χ1v) is 9.44. The van der Waals surface area contributed by atoms with Gasteiger partial charge in [0.25, 0.3) is 0 Å². The van der Waals surface area contributed by atoms with Gasteiger partial charge in [-0.3, -0.25) is 4.99 Å². The fraction of sp³-hybridized carbons (Fsp3) is 0.261. The molecule has 3 rings (SSSR count). The number of phenolic OH excluding ortho intramolecular Hbond substituents is 1. The third-order valence-corrected chi connectivity index (χ3v) is 4.36. The Morgan fingerprint density at radius 1 is 0.963 bits per heavy atom. The largest absolute Gasteiger partial charge is 0.507 e. The molecular formula is C23H26N2O2. The molecule has 2 aromatic carbocycles. The van der Waals surface area contributed by atoms with E-state index in [9.17, 15) is 5.11 Å². The van der Waals surface area contributed by atoms with Gasteiger partial charge in [0.1, 0.15) is 11.5 Å². The second-order valence-electron chi connectivity index (χ2n) is 6.44. The summed E-state index contributed by atoms with van der Waals surface area (Å²) in [6, 6.07) is 17.5. The van der Waals surface area contributed by atoms with Crippen molar-refractivity contribution in [2.24, 2.45) is 4.99 Å². The van der Waals surface area contributed by atoms with Gasteiger partial charge in [-0.2, -0.15) is 0 Å². The van der Waals surface area contributed by atoms with Crippen LogP contribution in [0.1, 0.15) is 30.4 Å². The maximum absolute atomic E-state index is 9.67. The second-order valence-corrected chi connectivity index (χ2v) is 6.44. The predicted octanol–water partition coefficient (Wildman–Crippen LogP) is 4.53. The SMILES string of the molecule is Oc1ccccc1C=NCCCCCOC1=CC=C(c2ccccc2)NC1. The minimum Gasteiger partial charge on any atom is -0.507 e. The Kier molecular flexibility index (Phi) is 7.10. The summed E-state index contributed by atoms with van der Waals surface area (Å²) in [5, 5.41) is 13.1. The molecule has 2 N–H and O–H groups in total. The molecule has 2 aromatic rings. The number of unbranched alkanes of at least 4 members (excludes halogenated alkanes) is 2. The number of allylic oxidation sites excluding steroid dienone is 2. The van der Waals surface area contributed by atoms with E-state index in [-0.39, 0.29) is 5.75 Å². The first kappa shape index (κ1) is 18.8. The van der Waals surface area contributed by atoms with Crippen molar-refractivity contribution in [1.29, 1.82) is 0 Å². The molecule has 0 saturated heterocycles. The van der Waals surface area contributed by atoms with Gasteiger partial charge >= 0.3 is 0 Å². The van der Waals surface area contributed by atoms with Crippen molar-refractivity contribution in [2.75, 3.05) is 19.7 Å². The zero-order valence-electron chi connectivity index (χ0n) is 15.5. The van der Waals surface area contributed by atoms with Gasteiger partial charge < -0.3 is 15.2 Å². The molecule has 4 nitrogen and oxygen atoms in total. The lowest BCUT2D eigenvalue weighted by Gasteiger charge is -2.18. The van der Waals surface area contributed by atoms with E-state index < -0.39 is 0 Å². The number of rotatable bonds is 9. The molecule has 27 heavy (non-hydrogen) atoms. The molecule has 0 atom stereocenters. The molecule has 1 heterocycles. The summed E-state index contributed by atoms with van der Waals surface area (Å²) in [4.78, 5) is 4.37. The number of ether oxygens (including phenoxy) is 1. The molecule has 0 fully saturated rings. The maximum Gasteiger partial charge on any atom is 0.124 e. The number of aromatic hydroxyl groups is 1. The second kappa shape index (κ2) is 10.2. The lowest BCUT2D eigenvalue weighted by atomic mass is 10.1. The highest BCUT2D eigenvalue weighted by Crippen LogP contribution is 2.16. The molecular weight excluding hydrogens is 336 g/mol. The summed E-state index contributed by atoms with van der Waals surface area (Å²) in [7, 11) is 0. The van der Waals surface area contributed by atoms with Crippen LogP contribution in [-0.2, 0) is 4.74 Å². The molecule has 0 unspecified atom stereocenters. The quantitative estimate of drug-likeness (QED) is 0.509. The molecule has 0 amide bonds. The van der Waals surface area contributed by atoms with Crippen LogP contribution in [0.2, 0.25) is 0 Å². The smallest absolute Gasteiger partial charge is 0.124 e. The predicted molar refractivity (Wildman–Crippen MR) is 111 cm³/mol. The molecule has 0 saturated carbocycles. The third kappa shape index (κ3) is 6.03. The first-order chi connectivity index (χ1) is 13.3. The van der Waals surface area contributed by atoms with Gasteiger partial charge in [-0.05, 0) is 49.1 Å². The normalized spacial score (nSPS) is 13.8. The Morgan fingerprint density at radius 3 is 2.56 bits per heavy atom. The van der Waals surface area contributed by atoms with Crippen LogP contribution in [-0.4, -0.2) is 31.0 Å². The van der Waals surface area contributed by atoms with Crippen LogP contribution in [0.5, 0.6) is 5.75 Å². The molecule has 140 valence electrons. The Labute approximate surface area is 160 Å². The number of nitrogens with one attached hydrogen (secondary N) is 1. The number of para-hydroxylation sites is 1. The third-order valence-electron chi connectivity index (χ3n) is 4.36. The zero-order valence-corrected chi connectivity index (χ0v) is 15.5. The van der Waals surface area contributed by atoms with Crippen molar-refractivity contribution < 1.29 is 9.84 Å². The van der Waals surface area contributed by atoms with Crippen LogP contribution in [0.15, 0.2) is 77.5 Å². The van der Waals surface area contributed by atoms with E-state index in [4.69, 9.17) is 4.74 Å². The standard InChI is InChI=1S/C23H26N2O2/c26-23-12-6-5-11-20(23)17-24-15-7-2-8-16-27-21-13-14-22(25-18-21)19-9-3-1-4-10-19/h1,3-6,9-14,17,25-26H,2,7-8,15-16,18H2. The van der Waals surface area contributed by atoms with Crippen molar-refractivity contribution in [2.45, 2.75) is 19.3 Å². The van der Waals surface area contributed by atoms with Crippen molar-refractivity contribution >= 4 is 11.9 Å². The van der Waals surface area contributed by atoms with Crippen LogP contribution < -0.4 is 5.32 Å². The van der Waals surface area contributed by atoms with E-state index in [1.54, 1.807) is 12.3 Å². The van der Waals surface area contributed by atoms with Crippen LogP contribution in [0.25, 0.3) is 5.70 Å². The van der Waals surface area contributed by atoms with E-state index in [0.29, 0.717) is 0 Å². The molecule has 4 heteroatoms. The van der Waals surface area contributed by atoms with Crippen LogP contribution in [0, 0.1) is 0 Å². The van der Waals surface area contributed by atoms with Crippen molar-refractivity contribution in [1.82, 2.24) is 5.32 Å². The summed E-state index contributed by atoms with van der Waals surface area (Å²) >= 11 is 0. The molecule has 0 radical (unpaired) electrons. The molecule has 1 aliphatic heterocycles. The van der Waals surface area contributed by atoms with Gasteiger partial charge in [0.2, 0.25) is 0 Å². The van der Waals surface area contributed by atoms with E-state index in [1.165, 1.54) is 5.56 Å². The number of nitrogens with zero attached hydrogens (tertiary/aromatic N) is 1. The Morgan fingerprint density at radius 2 is 1.78 bits per heavy atom. The highest BCUT2D eigenvalue weighted by Gasteiger charge is 2.07. The highest BCUT2D eigenvalue weighted by atomic mass is 16.5. The summed E-state index contributed by atoms with van der Waals surface area (Å²) in [5.74, 6) is 1.25. The minimum absolute atomic E-state index is 0.272. The van der Waals surface area contributed by atoms with Gasteiger partial charge in [0, 0.05) is 24.0 Å². The minimum atomic E-state index is 0.272. The zero-order chi connectivity index (χ0) is 18.7. The fourth-order valence-corrected chi connectivity index (χ4v) is 2.84. The topological polar surface area (TPSA) is 53.9 Å². The lowest BCUT2D eigenvalue weighted by Crippen LogP contribution is -2.20. The lowest BCUT2D eigenvalue weighted by molar-refractivity contribution is 0.200. The van der Waals surface area contributed by atoms with Gasteiger partial charge in [0.05, 0.1) is 13.2 Å². The average molecular weight is 362 g/mol.